The Labute approximate surface area is 93.1 Å². The van der Waals surface area contributed by atoms with Gasteiger partial charge in [-0.15, -0.1) is 0 Å². The lowest BCUT2D eigenvalue weighted by Gasteiger charge is -2.23. The first-order valence-corrected chi connectivity index (χ1v) is 5.57. The minimum Gasteiger partial charge on any atom is -0.508 e. The molecule has 1 heteroatoms. The van der Waals surface area contributed by atoms with Gasteiger partial charge in [-0.05, 0) is 37.3 Å². The van der Waals surface area contributed by atoms with Crippen molar-refractivity contribution >= 4 is 0 Å². The van der Waals surface area contributed by atoms with Crippen LogP contribution in [0.2, 0.25) is 0 Å². The van der Waals surface area contributed by atoms with Gasteiger partial charge < -0.3 is 5.11 Å². The van der Waals surface area contributed by atoms with E-state index in [1.54, 1.807) is 0 Å². The molecule has 0 aromatic heterocycles. The summed E-state index contributed by atoms with van der Waals surface area (Å²) in [4.78, 5) is 0. The molecule has 1 aliphatic carbocycles. The highest BCUT2D eigenvalue weighted by atomic mass is 16.3. The van der Waals surface area contributed by atoms with Gasteiger partial charge in [-0.3, -0.25) is 0 Å². The summed E-state index contributed by atoms with van der Waals surface area (Å²) < 4.78 is 0. The zero-order valence-corrected chi connectivity index (χ0v) is 8.79. The monoisotopic (exact) mass is 206 g/mol. The second kappa shape index (κ2) is 5.20. The van der Waals surface area contributed by atoms with Crippen LogP contribution in [-0.2, 0) is 0 Å². The number of hydrogen-bond acceptors (Lipinski definition) is 1. The molecule has 1 N–H and O–H groups in total. The summed E-state index contributed by atoms with van der Waals surface area (Å²) in [5.41, 5.74) is 2.42. The maximum atomic E-state index is 9.79. The fraction of sp³-hybridized carbons (Fsp3) is 0.571. The molecule has 0 heterocycles. The summed E-state index contributed by atoms with van der Waals surface area (Å²) in [6.45, 7) is 2.09. The van der Waals surface area contributed by atoms with Crippen molar-refractivity contribution in [2.75, 3.05) is 0 Å². The zero-order chi connectivity index (χ0) is 9.97. The Morgan fingerprint density at radius 3 is 2.47 bits per heavy atom. The van der Waals surface area contributed by atoms with Gasteiger partial charge in [0.15, 0.2) is 0 Å². The highest BCUT2D eigenvalue weighted by molar-refractivity contribution is 5.38. The van der Waals surface area contributed by atoms with Crippen molar-refractivity contribution in [3.63, 3.8) is 0 Å². The van der Waals surface area contributed by atoms with Crippen LogP contribution in [0.3, 0.4) is 0 Å². The third kappa shape index (κ3) is 2.74. The average molecular weight is 206 g/mol. The van der Waals surface area contributed by atoms with Gasteiger partial charge in [-0.1, -0.05) is 44.4 Å². The van der Waals surface area contributed by atoms with E-state index in [0.29, 0.717) is 11.7 Å². The smallest absolute Gasteiger partial charge is 0.119 e. The summed E-state index contributed by atoms with van der Waals surface area (Å²) >= 11 is 0. The predicted molar refractivity (Wildman–Crippen MR) is 65.4 cm³/mol. The van der Waals surface area contributed by atoms with Gasteiger partial charge >= 0.3 is 0 Å². The highest BCUT2D eigenvalue weighted by Gasteiger charge is 2.18. The van der Waals surface area contributed by atoms with Crippen molar-refractivity contribution in [2.24, 2.45) is 0 Å². The summed E-state index contributed by atoms with van der Waals surface area (Å²) in [6, 6.07) is 5.95. The largest absolute Gasteiger partial charge is 0.508 e. The van der Waals surface area contributed by atoms with Crippen LogP contribution < -0.4 is 0 Å². The maximum absolute atomic E-state index is 9.79. The number of phenolic OH excluding ortho intramolecular Hbond substituents is 1. The second-order valence-corrected chi connectivity index (χ2v) is 4.40. The van der Waals surface area contributed by atoms with Gasteiger partial charge in [-0.25, -0.2) is 0 Å². The summed E-state index contributed by atoms with van der Waals surface area (Å²) in [7, 11) is 0. The van der Waals surface area contributed by atoms with E-state index in [1.807, 2.05) is 12.1 Å². The molecular weight excluding hydrogens is 184 g/mol. The van der Waals surface area contributed by atoms with Crippen molar-refractivity contribution in [3.8, 4) is 5.75 Å². The molecule has 0 radical (unpaired) electrons. The van der Waals surface area contributed by atoms with E-state index < -0.39 is 0 Å². The van der Waals surface area contributed by atoms with E-state index in [1.165, 1.54) is 43.2 Å². The molecule has 15 heavy (non-hydrogen) atoms. The Hall–Kier alpha value is -0.980. The Bertz CT molecular complexity index is 311. The molecule has 0 amide bonds. The van der Waals surface area contributed by atoms with Gasteiger partial charge in [0.05, 0.1) is 0 Å². The molecule has 84 valence electrons. The summed E-state index contributed by atoms with van der Waals surface area (Å²) in [6.07, 6.45) is 6.49. The molecule has 0 spiro atoms. The molecule has 0 saturated heterocycles. The summed E-state index contributed by atoms with van der Waals surface area (Å²) in [5, 5.41) is 9.79. The molecule has 0 unspecified atom stereocenters. The number of phenols is 1. The van der Waals surface area contributed by atoms with Crippen LogP contribution in [0.5, 0.6) is 5.75 Å². The Morgan fingerprint density at radius 2 is 1.80 bits per heavy atom. The van der Waals surface area contributed by atoms with Crippen LogP contribution in [0, 0.1) is 6.92 Å². The molecule has 1 aliphatic rings. The molecule has 1 saturated carbocycles. The van der Waals surface area contributed by atoms with Gasteiger partial charge in [0.2, 0.25) is 0 Å². The minimum absolute atomic E-state index is 0. The minimum atomic E-state index is 0. The predicted octanol–water partition coefficient (Wildman–Crippen LogP) is 4.38. The summed E-state index contributed by atoms with van der Waals surface area (Å²) in [5.74, 6) is 1.09. The number of aromatic hydroxyl groups is 1. The third-order valence-electron chi connectivity index (χ3n) is 3.23. The molecule has 0 aliphatic heterocycles. The normalized spacial score (nSPS) is 17.1. The van der Waals surface area contributed by atoms with Crippen LogP contribution in [0.25, 0.3) is 0 Å². The Morgan fingerprint density at radius 1 is 1.13 bits per heavy atom. The first kappa shape index (κ1) is 12.1. The van der Waals surface area contributed by atoms with Crippen molar-refractivity contribution in [3.05, 3.63) is 29.3 Å². The third-order valence-corrected chi connectivity index (χ3v) is 3.23. The number of aryl methyl sites for hydroxylation is 1. The van der Waals surface area contributed by atoms with E-state index in [9.17, 15) is 5.11 Å². The molecule has 0 atom stereocenters. The lowest BCUT2D eigenvalue weighted by Crippen LogP contribution is -2.04. The highest BCUT2D eigenvalue weighted by Crippen LogP contribution is 2.37. The molecule has 1 fully saturated rings. The topological polar surface area (TPSA) is 20.2 Å². The van der Waals surface area contributed by atoms with Crippen molar-refractivity contribution in [2.45, 2.75) is 52.4 Å². The van der Waals surface area contributed by atoms with Gasteiger partial charge in [0.1, 0.15) is 5.75 Å². The molecule has 2 rings (SSSR count). The molecule has 0 bridgehead atoms. The van der Waals surface area contributed by atoms with Crippen molar-refractivity contribution < 1.29 is 5.11 Å². The number of rotatable bonds is 1. The van der Waals surface area contributed by atoms with Crippen LogP contribution in [0.15, 0.2) is 18.2 Å². The average Bonchev–Trinajstić information content (AvgIpc) is 2.23. The van der Waals surface area contributed by atoms with Crippen molar-refractivity contribution in [1.29, 1.82) is 0 Å². The van der Waals surface area contributed by atoms with Crippen LogP contribution >= 0.6 is 0 Å². The van der Waals surface area contributed by atoms with Crippen LogP contribution in [0.1, 0.15) is 56.6 Å². The number of hydrogen-bond donors (Lipinski definition) is 1. The first-order valence-electron chi connectivity index (χ1n) is 5.57. The van der Waals surface area contributed by atoms with E-state index >= 15 is 0 Å². The molecule has 1 aromatic carbocycles. The molecular formula is C14H22O. The van der Waals surface area contributed by atoms with E-state index in [0.717, 1.165) is 0 Å². The fourth-order valence-electron chi connectivity index (χ4n) is 2.41. The van der Waals surface area contributed by atoms with Crippen LogP contribution in [0.4, 0.5) is 0 Å². The van der Waals surface area contributed by atoms with Gasteiger partial charge in [-0.2, -0.15) is 0 Å². The Balaban J connectivity index is 0.00000112. The lowest BCUT2D eigenvalue weighted by atomic mass is 9.83. The standard InChI is InChI=1S/C13H18O.CH4/c1-10-7-8-13(14)12(9-10)11-5-3-2-4-6-11;/h7-9,11,14H,2-6H2,1H3;1H4. The fourth-order valence-corrected chi connectivity index (χ4v) is 2.41. The second-order valence-electron chi connectivity index (χ2n) is 4.40. The molecule has 1 nitrogen and oxygen atoms in total. The van der Waals surface area contributed by atoms with E-state index in [2.05, 4.69) is 13.0 Å². The van der Waals surface area contributed by atoms with Crippen LogP contribution in [-0.4, -0.2) is 5.11 Å². The molecule has 1 aromatic rings. The zero-order valence-electron chi connectivity index (χ0n) is 8.79. The van der Waals surface area contributed by atoms with E-state index in [4.69, 9.17) is 0 Å². The SMILES string of the molecule is C.Cc1ccc(O)c(C2CCCCC2)c1. The van der Waals surface area contributed by atoms with Crippen molar-refractivity contribution in [1.82, 2.24) is 0 Å². The maximum Gasteiger partial charge on any atom is 0.119 e. The van der Waals surface area contributed by atoms with Gasteiger partial charge in [0.25, 0.3) is 0 Å². The number of benzene rings is 1. The lowest BCUT2D eigenvalue weighted by molar-refractivity contribution is 0.414. The van der Waals surface area contributed by atoms with Gasteiger partial charge in [0, 0.05) is 0 Å². The first-order chi connectivity index (χ1) is 6.77. The Kier molecular flexibility index (Phi) is 4.19. The van der Waals surface area contributed by atoms with E-state index in [-0.39, 0.29) is 7.43 Å². The quantitative estimate of drug-likeness (QED) is 0.722.